The first-order valence-electron chi connectivity index (χ1n) is 16.9. The molecule has 0 aliphatic heterocycles. The molecule has 10 rings (SSSR count). The lowest BCUT2D eigenvalue weighted by atomic mass is 9.86. The quantitative estimate of drug-likeness (QED) is 0.188. The van der Waals surface area contributed by atoms with Crippen LogP contribution >= 0.6 is 0 Å². The third-order valence-electron chi connectivity index (χ3n) is 9.78. The maximum atomic E-state index is 6.88. The Morgan fingerprint density at radius 2 is 0.840 bits per heavy atom. The lowest BCUT2D eigenvalue weighted by molar-refractivity contribution is 0.668. The molecule has 8 aromatic carbocycles. The summed E-state index contributed by atoms with van der Waals surface area (Å²) < 4.78 is 13.3. The van der Waals surface area contributed by atoms with Crippen LogP contribution in [0.4, 0.5) is 0 Å². The molecule has 0 unspecified atom stereocenters. The van der Waals surface area contributed by atoms with Gasteiger partial charge in [-0.05, 0) is 69.3 Å². The smallest absolute Gasteiger partial charge is 0.144 e. The summed E-state index contributed by atoms with van der Waals surface area (Å²) in [5.74, 6) is 0. The second-order valence-corrected chi connectivity index (χ2v) is 12.8. The SMILES string of the molecule is [c]1c(-c2cccc(-c3ccccc3)c2)c(-c2ccc(-c3ccccc3)cc2)c2oc3ccccc3c2c1-c1ccc2c(c1)oc1ccccc12. The molecule has 0 bridgehead atoms. The van der Waals surface area contributed by atoms with Crippen LogP contribution in [0, 0.1) is 6.07 Å². The molecule has 0 N–H and O–H groups in total. The van der Waals surface area contributed by atoms with Gasteiger partial charge in [-0.25, -0.2) is 0 Å². The Hall–Kier alpha value is -6.64. The Bertz CT molecular complexity index is 2840. The van der Waals surface area contributed by atoms with Crippen LogP contribution < -0.4 is 0 Å². The highest BCUT2D eigenvalue weighted by atomic mass is 16.3. The molecule has 10 aromatic rings. The molecule has 50 heavy (non-hydrogen) atoms. The number of furan rings is 2. The molecule has 2 heteroatoms. The average Bonchev–Trinajstić information content (AvgIpc) is 3.77. The number of hydrogen-bond acceptors (Lipinski definition) is 2. The largest absolute Gasteiger partial charge is 0.456 e. The first-order valence-corrected chi connectivity index (χ1v) is 16.9. The summed E-state index contributed by atoms with van der Waals surface area (Å²) in [6.45, 7) is 0. The molecule has 1 radical (unpaired) electrons. The maximum absolute atomic E-state index is 6.88. The van der Waals surface area contributed by atoms with E-state index in [1.165, 1.54) is 16.7 Å². The van der Waals surface area contributed by atoms with Gasteiger partial charge < -0.3 is 8.83 Å². The fourth-order valence-corrected chi connectivity index (χ4v) is 7.37. The van der Waals surface area contributed by atoms with Gasteiger partial charge in [0.05, 0.1) is 0 Å². The second kappa shape index (κ2) is 11.5. The van der Waals surface area contributed by atoms with Gasteiger partial charge in [-0.3, -0.25) is 0 Å². The molecule has 0 spiro atoms. The number of hydrogen-bond donors (Lipinski definition) is 0. The average molecular weight is 638 g/mol. The first-order chi connectivity index (χ1) is 24.8. The van der Waals surface area contributed by atoms with Gasteiger partial charge in [0.1, 0.15) is 22.3 Å². The topological polar surface area (TPSA) is 26.3 Å². The van der Waals surface area contributed by atoms with E-state index < -0.39 is 0 Å². The Balaban J connectivity index is 1.27. The fraction of sp³-hybridized carbons (Fsp3) is 0. The molecule has 2 aromatic heterocycles. The summed E-state index contributed by atoms with van der Waals surface area (Å²) in [4.78, 5) is 0. The molecular formula is C48H29O2. The van der Waals surface area contributed by atoms with Crippen molar-refractivity contribution in [2.75, 3.05) is 0 Å². The summed E-state index contributed by atoms with van der Waals surface area (Å²) in [5, 5.41) is 4.32. The number of rotatable bonds is 5. The summed E-state index contributed by atoms with van der Waals surface area (Å²) in [6, 6.07) is 65.6. The minimum atomic E-state index is 0.845. The maximum Gasteiger partial charge on any atom is 0.144 e. The van der Waals surface area contributed by atoms with Crippen molar-refractivity contribution in [3.63, 3.8) is 0 Å². The first kappa shape index (κ1) is 28.4. The highest BCUT2D eigenvalue weighted by Crippen LogP contribution is 2.48. The van der Waals surface area contributed by atoms with Gasteiger partial charge in [0.15, 0.2) is 0 Å². The highest BCUT2D eigenvalue weighted by molar-refractivity contribution is 6.19. The summed E-state index contributed by atoms with van der Waals surface area (Å²) in [6.07, 6.45) is 0. The van der Waals surface area contributed by atoms with Gasteiger partial charge in [0.25, 0.3) is 0 Å². The Morgan fingerprint density at radius 3 is 1.60 bits per heavy atom. The van der Waals surface area contributed by atoms with Gasteiger partial charge >= 0.3 is 0 Å². The zero-order chi connectivity index (χ0) is 33.0. The lowest BCUT2D eigenvalue weighted by Crippen LogP contribution is -1.92. The van der Waals surface area contributed by atoms with Crippen LogP contribution in [0.25, 0.3) is 99.5 Å². The monoisotopic (exact) mass is 637 g/mol. The van der Waals surface area contributed by atoms with Gasteiger partial charge in [0, 0.05) is 44.3 Å². The van der Waals surface area contributed by atoms with Crippen LogP contribution in [0.5, 0.6) is 0 Å². The van der Waals surface area contributed by atoms with E-state index in [2.05, 4.69) is 164 Å². The van der Waals surface area contributed by atoms with Gasteiger partial charge in [-0.2, -0.15) is 0 Å². The van der Waals surface area contributed by atoms with Gasteiger partial charge in [-0.1, -0.05) is 146 Å². The van der Waals surface area contributed by atoms with E-state index in [9.17, 15) is 0 Å². The molecular weight excluding hydrogens is 609 g/mol. The van der Waals surface area contributed by atoms with Crippen molar-refractivity contribution in [1.29, 1.82) is 0 Å². The molecule has 2 nitrogen and oxygen atoms in total. The Kier molecular flexibility index (Phi) is 6.53. The normalized spacial score (nSPS) is 11.6. The number of fused-ring (bicyclic) bond motifs is 6. The van der Waals surface area contributed by atoms with Crippen molar-refractivity contribution in [2.45, 2.75) is 0 Å². The molecule has 0 aliphatic rings. The highest BCUT2D eigenvalue weighted by Gasteiger charge is 2.23. The Morgan fingerprint density at radius 1 is 0.320 bits per heavy atom. The molecule has 233 valence electrons. The predicted molar refractivity (Wildman–Crippen MR) is 207 cm³/mol. The van der Waals surface area contributed by atoms with Crippen molar-refractivity contribution >= 4 is 43.9 Å². The molecule has 2 heterocycles. The summed E-state index contributed by atoms with van der Waals surface area (Å²) >= 11 is 0. The third kappa shape index (κ3) is 4.65. The van der Waals surface area contributed by atoms with E-state index >= 15 is 0 Å². The zero-order valence-electron chi connectivity index (χ0n) is 27.1. The fourth-order valence-electron chi connectivity index (χ4n) is 7.37. The van der Waals surface area contributed by atoms with Gasteiger partial charge in [-0.15, -0.1) is 0 Å². The minimum absolute atomic E-state index is 0.845. The molecule has 0 aliphatic carbocycles. The van der Waals surface area contributed by atoms with E-state index in [0.29, 0.717) is 0 Å². The van der Waals surface area contributed by atoms with Gasteiger partial charge in [0.2, 0.25) is 0 Å². The molecule has 0 saturated heterocycles. The Labute approximate surface area is 289 Å². The summed E-state index contributed by atoms with van der Waals surface area (Å²) in [5.41, 5.74) is 14.3. The third-order valence-corrected chi connectivity index (χ3v) is 9.78. The van der Waals surface area contributed by atoms with E-state index in [1.807, 2.05) is 18.2 Å². The lowest BCUT2D eigenvalue weighted by Gasteiger charge is -2.16. The van der Waals surface area contributed by atoms with E-state index in [1.54, 1.807) is 0 Å². The summed E-state index contributed by atoms with van der Waals surface area (Å²) in [7, 11) is 0. The zero-order valence-corrected chi connectivity index (χ0v) is 27.1. The van der Waals surface area contributed by atoms with E-state index in [0.717, 1.165) is 82.8 Å². The molecule has 0 fully saturated rings. The van der Waals surface area contributed by atoms with Crippen molar-refractivity contribution in [2.24, 2.45) is 0 Å². The number of benzene rings is 8. The van der Waals surface area contributed by atoms with E-state index in [4.69, 9.17) is 8.83 Å². The van der Waals surface area contributed by atoms with Crippen molar-refractivity contribution in [3.8, 4) is 55.6 Å². The predicted octanol–water partition coefficient (Wildman–Crippen LogP) is 13.6. The van der Waals surface area contributed by atoms with Crippen LogP contribution in [0.2, 0.25) is 0 Å². The van der Waals surface area contributed by atoms with Crippen LogP contribution in [-0.4, -0.2) is 0 Å². The van der Waals surface area contributed by atoms with Crippen molar-refractivity contribution in [1.82, 2.24) is 0 Å². The van der Waals surface area contributed by atoms with Crippen molar-refractivity contribution < 1.29 is 8.83 Å². The molecule has 0 atom stereocenters. The number of para-hydroxylation sites is 2. The van der Waals surface area contributed by atoms with Crippen LogP contribution in [0.15, 0.2) is 185 Å². The van der Waals surface area contributed by atoms with Crippen molar-refractivity contribution in [3.05, 3.63) is 182 Å². The second-order valence-electron chi connectivity index (χ2n) is 12.8. The molecule has 0 amide bonds. The van der Waals surface area contributed by atoms with Crippen LogP contribution in [0.3, 0.4) is 0 Å². The minimum Gasteiger partial charge on any atom is -0.456 e. The van der Waals surface area contributed by atoms with E-state index in [-0.39, 0.29) is 0 Å². The van der Waals surface area contributed by atoms with Crippen LogP contribution in [0.1, 0.15) is 0 Å². The molecule has 0 saturated carbocycles. The van der Waals surface area contributed by atoms with Crippen LogP contribution in [-0.2, 0) is 0 Å². The standard InChI is InChI=1S/C48H29O2/c1-3-12-31(13-4-1)33-22-24-34(25-23-33)46-41(36-17-11-16-35(28-36)32-14-5-2-6-15-32)30-42(47-40-19-8-10-21-44(40)50-48(46)47)37-26-27-39-38-18-7-9-20-43(38)49-45(39)29-37/h1-29H.